The van der Waals surface area contributed by atoms with Crippen LogP contribution in [0.5, 0.6) is 5.75 Å². The molecule has 0 aliphatic carbocycles. The SMILES string of the molecule is COc1ccccc1N1CCN([C@H]2CCCN(c3ncnc4[nH]ccc34)C2)CC1. The number of nitrogens with zero attached hydrogens (tertiary/aromatic N) is 5. The van der Waals surface area contributed by atoms with E-state index in [4.69, 9.17) is 4.74 Å². The predicted molar refractivity (Wildman–Crippen MR) is 116 cm³/mol. The number of H-pyrrole nitrogens is 1. The average Bonchev–Trinajstić information content (AvgIpc) is 3.28. The normalized spacial score (nSPS) is 20.9. The van der Waals surface area contributed by atoms with Crippen LogP contribution in [0.2, 0.25) is 0 Å². The van der Waals surface area contributed by atoms with Gasteiger partial charge in [-0.15, -0.1) is 0 Å². The van der Waals surface area contributed by atoms with Gasteiger partial charge >= 0.3 is 0 Å². The number of piperidine rings is 1. The molecule has 1 aromatic carbocycles. The molecule has 4 heterocycles. The lowest BCUT2D eigenvalue weighted by Crippen LogP contribution is -2.55. The number of ether oxygens (including phenoxy) is 1. The van der Waals surface area contributed by atoms with Gasteiger partial charge in [0.25, 0.3) is 0 Å². The highest BCUT2D eigenvalue weighted by Crippen LogP contribution is 2.30. The van der Waals surface area contributed by atoms with Crippen molar-refractivity contribution < 1.29 is 4.74 Å². The Labute approximate surface area is 171 Å². The summed E-state index contributed by atoms with van der Waals surface area (Å²) in [5, 5.41) is 1.12. The Morgan fingerprint density at radius 3 is 2.72 bits per heavy atom. The van der Waals surface area contributed by atoms with Gasteiger partial charge in [0.2, 0.25) is 0 Å². The Morgan fingerprint density at radius 1 is 1.00 bits per heavy atom. The molecule has 2 aromatic heterocycles. The van der Waals surface area contributed by atoms with Gasteiger partial charge in [-0.25, -0.2) is 9.97 Å². The minimum atomic E-state index is 0.576. The summed E-state index contributed by atoms with van der Waals surface area (Å²) in [6.07, 6.45) is 6.07. The number of para-hydroxylation sites is 2. The molecule has 0 radical (unpaired) electrons. The van der Waals surface area contributed by atoms with E-state index in [1.807, 2.05) is 18.3 Å². The molecular formula is C22H28N6O. The third-order valence-corrected chi connectivity index (χ3v) is 6.29. The van der Waals surface area contributed by atoms with Crippen LogP contribution in [0.3, 0.4) is 0 Å². The number of rotatable bonds is 4. The molecule has 0 spiro atoms. The fraction of sp³-hybridized carbons (Fsp3) is 0.455. The highest BCUT2D eigenvalue weighted by atomic mass is 16.5. The quantitative estimate of drug-likeness (QED) is 0.737. The van der Waals surface area contributed by atoms with Crippen LogP contribution in [-0.2, 0) is 0 Å². The highest BCUT2D eigenvalue weighted by Gasteiger charge is 2.30. The van der Waals surface area contributed by atoms with E-state index >= 15 is 0 Å². The summed E-state index contributed by atoms with van der Waals surface area (Å²) in [4.78, 5) is 19.7. The molecule has 5 rings (SSSR count). The molecule has 2 aliphatic rings. The summed E-state index contributed by atoms with van der Waals surface area (Å²) >= 11 is 0. The van der Waals surface area contributed by atoms with Gasteiger partial charge in [0.1, 0.15) is 23.5 Å². The van der Waals surface area contributed by atoms with Gasteiger partial charge in [-0.05, 0) is 31.0 Å². The van der Waals surface area contributed by atoms with E-state index < -0.39 is 0 Å². The summed E-state index contributed by atoms with van der Waals surface area (Å²) < 4.78 is 5.56. The molecule has 0 unspecified atom stereocenters. The predicted octanol–water partition coefficient (Wildman–Crippen LogP) is 2.76. The van der Waals surface area contributed by atoms with Crippen LogP contribution in [0.15, 0.2) is 42.9 Å². The zero-order valence-corrected chi connectivity index (χ0v) is 16.9. The number of hydrogen-bond donors (Lipinski definition) is 1. The zero-order valence-electron chi connectivity index (χ0n) is 16.9. The summed E-state index contributed by atoms with van der Waals surface area (Å²) in [5.74, 6) is 2.03. The van der Waals surface area contributed by atoms with Crippen LogP contribution in [-0.4, -0.2) is 72.3 Å². The van der Waals surface area contributed by atoms with Crippen LogP contribution in [0.4, 0.5) is 11.5 Å². The van der Waals surface area contributed by atoms with Gasteiger partial charge in [0.15, 0.2) is 0 Å². The van der Waals surface area contributed by atoms with Crippen molar-refractivity contribution in [3.63, 3.8) is 0 Å². The zero-order chi connectivity index (χ0) is 19.6. The van der Waals surface area contributed by atoms with Crippen LogP contribution in [0, 0.1) is 0 Å². The first-order chi connectivity index (χ1) is 14.3. The molecular weight excluding hydrogens is 364 g/mol. The molecule has 0 amide bonds. The lowest BCUT2D eigenvalue weighted by atomic mass is 10.0. The van der Waals surface area contributed by atoms with Crippen molar-refractivity contribution >= 4 is 22.5 Å². The summed E-state index contributed by atoms with van der Waals surface area (Å²) in [6.45, 7) is 6.33. The number of nitrogens with one attached hydrogen (secondary N) is 1. The molecule has 2 fully saturated rings. The van der Waals surface area contributed by atoms with Gasteiger partial charge in [-0.3, -0.25) is 4.90 Å². The van der Waals surface area contributed by atoms with E-state index in [1.54, 1.807) is 13.4 Å². The van der Waals surface area contributed by atoms with Crippen LogP contribution >= 0.6 is 0 Å². The van der Waals surface area contributed by atoms with Gasteiger partial charge in [0, 0.05) is 51.5 Å². The Balaban J connectivity index is 1.26. The first kappa shape index (κ1) is 18.2. The average molecular weight is 393 g/mol. The van der Waals surface area contributed by atoms with E-state index in [0.29, 0.717) is 6.04 Å². The molecule has 7 nitrogen and oxygen atoms in total. The Kier molecular flexibility index (Phi) is 4.97. The molecule has 1 atom stereocenters. The van der Waals surface area contributed by atoms with Crippen molar-refractivity contribution in [2.75, 3.05) is 56.2 Å². The second-order valence-corrected chi connectivity index (χ2v) is 7.87. The maximum Gasteiger partial charge on any atom is 0.142 e. The second kappa shape index (κ2) is 7.91. The fourth-order valence-electron chi connectivity index (χ4n) is 4.77. The van der Waals surface area contributed by atoms with Crippen LogP contribution in [0.1, 0.15) is 12.8 Å². The molecule has 2 saturated heterocycles. The second-order valence-electron chi connectivity index (χ2n) is 7.87. The Morgan fingerprint density at radius 2 is 1.86 bits per heavy atom. The number of aromatic amines is 1. The largest absolute Gasteiger partial charge is 0.495 e. The number of aromatic nitrogens is 3. The number of fused-ring (bicyclic) bond motifs is 1. The Hall–Kier alpha value is -2.80. The van der Waals surface area contributed by atoms with Crippen molar-refractivity contribution in [1.82, 2.24) is 19.9 Å². The van der Waals surface area contributed by atoms with E-state index in [-0.39, 0.29) is 0 Å². The van der Waals surface area contributed by atoms with Crippen molar-refractivity contribution in [2.45, 2.75) is 18.9 Å². The number of benzene rings is 1. The molecule has 3 aromatic rings. The lowest BCUT2D eigenvalue weighted by Gasteiger charge is -2.44. The standard InChI is InChI=1S/C22H28N6O/c1-29-20-7-3-2-6-19(20)27-13-11-26(12-14-27)17-5-4-10-28(15-17)22-18-8-9-23-21(18)24-16-25-22/h2-3,6-9,16-17H,4-5,10-15H2,1H3,(H,23,24,25)/t17-/m0/s1. The maximum atomic E-state index is 5.56. The third kappa shape index (κ3) is 3.51. The highest BCUT2D eigenvalue weighted by molar-refractivity contribution is 5.87. The maximum absolute atomic E-state index is 5.56. The molecule has 0 saturated carbocycles. The van der Waals surface area contributed by atoms with Crippen molar-refractivity contribution in [1.29, 1.82) is 0 Å². The molecule has 2 aliphatic heterocycles. The van der Waals surface area contributed by atoms with E-state index in [9.17, 15) is 0 Å². The fourth-order valence-corrected chi connectivity index (χ4v) is 4.77. The number of piperazine rings is 1. The summed E-state index contributed by atoms with van der Waals surface area (Å²) in [7, 11) is 1.75. The first-order valence-corrected chi connectivity index (χ1v) is 10.5. The van der Waals surface area contributed by atoms with Gasteiger partial charge in [-0.2, -0.15) is 0 Å². The topological polar surface area (TPSA) is 60.5 Å². The molecule has 29 heavy (non-hydrogen) atoms. The minimum absolute atomic E-state index is 0.576. The van der Waals surface area contributed by atoms with Crippen molar-refractivity contribution in [3.05, 3.63) is 42.9 Å². The Bertz CT molecular complexity index is 965. The van der Waals surface area contributed by atoms with Crippen molar-refractivity contribution in [2.24, 2.45) is 0 Å². The van der Waals surface area contributed by atoms with Crippen molar-refractivity contribution in [3.8, 4) is 5.75 Å². The smallest absolute Gasteiger partial charge is 0.142 e. The molecule has 152 valence electrons. The van der Waals surface area contributed by atoms with E-state index in [1.165, 1.54) is 18.5 Å². The monoisotopic (exact) mass is 392 g/mol. The van der Waals surface area contributed by atoms with E-state index in [0.717, 1.165) is 61.9 Å². The van der Waals surface area contributed by atoms with Crippen LogP contribution < -0.4 is 14.5 Å². The number of hydrogen-bond acceptors (Lipinski definition) is 6. The summed E-state index contributed by atoms with van der Waals surface area (Å²) in [5.41, 5.74) is 2.12. The van der Waals surface area contributed by atoms with E-state index in [2.05, 4.69) is 47.9 Å². The van der Waals surface area contributed by atoms with Gasteiger partial charge in [0.05, 0.1) is 18.2 Å². The third-order valence-electron chi connectivity index (χ3n) is 6.29. The lowest BCUT2D eigenvalue weighted by molar-refractivity contribution is 0.166. The molecule has 7 heteroatoms. The minimum Gasteiger partial charge on any atom is -0.495 e. The molecule has 0 bridgehead atoms. The first-order valence-electron chi connectivity index (χ1n) is 10.5. The van der Waals surface area contributed by atoms with Gasteiger partial charge in [-0.1, -0.05) is 12.1 Å². The van der Waals surface area contributed by atoms with Gasteiger partial charge < -0.3 is 19.5 Å². The summed E-state index contributed by atoms with van der Waals surface area (Å²) in [6, 6.07) is 11.0. The van der Waals surface area contributed by atoms with Crippen LogP contribution in [0.25, 0.3) is 11.0 Å². The number of anilines is 2. The number of methoxy groups -OCH3 is 1. The molecule has 1 N–H and O–H groups in total.